The van der Waals surface area contributed by atoms with E-state index in [-0.39, 0.29) is 5.82 Å². The minimum absolute atomic E-state index is 0.302. The van der Waals surface area contributed by atoms with Crippen molar-refractivity contribution in [2.24, 2.45) is 0 Å². The molecule has 2 rings (SSSR count). The predicted molar refractivity (Wildman–Crippen MR) is 60.5 cm³/mol. The lowest BCUT2D eigenvalue weighted by atomic mass is 10.3. The van der Waals surface area contributed by atoms with Crippen LogP contribution >= 0.6 is 15.9 Å². The average molecular weight is 280 g/mol. The van der Waals surface area contributed by atoms with Gasteiger partial charge in [0.15, 0.2) is 0 Å². The third kappa shape index (κ3) is 2.28. The molecule has 0 atom stereocenters. The zero-order valence-corrected chi connectivity index (χ0v) is 9.78. The third-order valence-corrected chi connectivity index (χ3v) is 2.49. The SMILES string of the molecule is N#CCc1cnn(-c2cc(F)cc(Br)c2)c1. The van der Waals surface area contributed by atoms with Crippen molar-refractivity contribution >= 4 is 15.9 Å². The maximum atomic E-state index is 13.1. The van der Waals surface area contributed by atoms with Crippen LogP contribution in [0.25, 0.3) is 5.69 Å². The maximum absolute atomic E-state index is 13.1. The van der Waals surface area contributed by atoms with E-state index in [0.717, 1.165) is 5.56 Å². The van der Waals surface area contributed by atoms with E-state index in [4.69, 9.17) is 5.26 Å². The largest absolute Gasteiger partial charge is 0.241 e. The Labute approximate surface area is 100 Å². The molecule has 0 fully saturated rings. The smallest absolute Gasteiger partial charge is 0.126 e. The number of rotatable bonds is 2. The molecule has 0 aliphatic heterocycles. The number of aromatic nitrogens is 2. The van der Waals surface area contributed by atoms with Crippen LogP contribution < -0.4 is 0 Å². The molecule has 16 heavy (non-hydrogen) atoms. The first-order valence-corrected chi connectivity index (χ1v) is 5.35. The first-order valence-electron chi connectivity index (χ1n) is 4.56. The van der Waals surface area contributed by atoms with Crippen molar-refractivity contribution in [1.29, 1.82) is 5.26 Å². The Kier molecular flexibility index (Phi) is 3.02. The van der Waals surface area contributed by atoms with Gasteiger partial charge in [0.2, 0.25) is 0 Å². The van der Waals surface area contributed by atoms with Crippen molar-refractivity contribution in [3.63, 3.8) is 0 Å². The molecule has 0 saturated carbocycles. The summed E-state index contributed by atoms with van der Waals surface area (Å²) in [5, 5.41) is 12.6. The van der Waals surface area contributed by atoms with Gasteiger partial charge in [-0.3, -0.25) is 0 Å². The van der Waals surface area contributed by atoms with E-state index in [0.29, 0.717) is 16.6 Å². The number of benzene rings is 1. The fraction of sp³-hybridized carbons (Fsp3) is 0.0909. The number of hydrogen-bond donors (Lipinski definition) is 0. The van der Waals surface area contributed by atoms with Crippen LogP contribution in [-0.4, -0.2) is 9.78 Å². The van der Waals surface area contributed by atoms with Crippen LogP contribution in [0.3, 0.4) is 0 Å². The molecule has 0 radical (unpaired) electrons. The van der Waals surface area contributed by atoms with Gasteiger partial charge >= 0.3 is 0 Å². The standard InChI is InChI=1S/C11H7BrFN3/c12-9-3-10(13)5-11(4-9)16-7-8(1-2-14)6-15-16/h3-7H,1H2. The summed E-state index contributed by atoms with van der Waals surface area (Å²) in [5.41, 5.74) is 1.43. The molecule has 0 aliphatic rings. The average Bonchev–Trinajstić information content (AvgIpc) is 2.65. The summed E-state index contributed by atoms with van der Waals surface area (Å²) in [6.07, 6.45) is 3.61. The molecule has 0 amide bonds. The quantitative estimate of drug-likeness (QED) is 0.848. The highest BCUT2D eigenvalue weighted by Gasteiger charge is 2.03. The fourth-order valence-corrected chi connectivity index (χ4v) is 1.81. The minimum atomic E-state index is -0.332. The molecule has 3 nitrogen and oxygen atoms in total. The van der Waals surface area contributed by atoms with Crippen molar-refractivity contribution < 1.29 is 4.39 Å². The van der Waals surface area contributed by atoms with E-state index in [1.54, 1.807) is 23.1 Å². The number of hydrogen-bond acceptors (Lipinski definition) is 2. The molecule has 2 aromatic rings. The van der Waals surface area contributed by atoms with Crippen LogP contribution in [0.2, 0.25) is 0 Å². The van der Waals surface area contributed by atoms with Crippen LogP contribution in [-0.2, 0) is 6.42 Å². The monoisotopic (exact) mass is 279 g/mol. The Bertz CT molecular complexity index is 536. The van der Waals surface area contributed by atoms with E-state index in [9.17, 15) is 4.39 Å². The molecular weight excluding hydrogens is 273 g/mol. The van der Waals surface area contributed by atoms with Gasteiger partial charge < -0.3 is 0 Å². The lowest BCUT2D eigenvalue weighted by molar-refractivity contribution is 0.624. The Morgan fingerprint density at radius 3 is 2.94 bits per heavy atom. The topological polar surface area (TPSA) is 41.6 Å². The molecule has 1 aromatic carbocycles. The Hall–Kier alpha value is -1.67. The second-order valence-electron chi connectivity index (χ2n) is 3.26. The number of nitriles is 1. The van der Waals surface area contributed by atoms with E-state index in [1.807, 2.05) is 6.07 Å². The van der Waals surface area contributed by atoms with Gasteiger partial charge in [-0.2, -0.15) is 10.4 Å². The van der Waals surface area contributed by atoms with Gasteiger partial charge in [0.1, 0.15) is 5.82 Å². The normalized spacial score (nSPS) is 10.1. The van der Waals surface area contributed by atoms with E-state index >= 15 is 0 Å². The Morgan fingerprint density at radius 2 is 2.25 bits per heavy atom. The highest BCUT2D eigenvalue weighted by Crippen LogP contribution is 2.18. The van der Waals surface area contributed by atoms with E-state index < -0.39 is 0 Å². The van der Waals surface area contributed by atoms with Crippen LogP contribution in [0.4, 0.5) is 4.39 Å². The maximum Gasteiger partial charge on any atom is 0.126 e. The van der Waals surface area contributed by atoms with Crippen LogP contribution in [0.15, 0.2) is 35.1 Å². The molecule has 5 heteroatoms. The van der Waals surface area contributed by atoms with Crippen molar-refractivity contribution in [3.8, 4) is 11.8 Å². The number of nitrogens with zero attached hydrogens (tertiary/aromatic N) is 3. The summed E-state index contributed by atoms with van der Waals surface area (Å²) in [6, 6.07) is 6.55. The van der Waals surface area contributed by atoms with E-state index in [1.165, 1.54) is 12.1 Å². The zero-order chi connectivity index (χ0) is 11.5. The summed E-state index contributed by atoms with van der Waals surface area (Å²) >= 11 is 3.21. The number of halogens is 2. The van der Waals surface area contributed by atoms with Crippen molar-refractivity contribution in [2.75, 3.05) is 0 Å². The Balaban J connectivity index is 2.39. The Morgan fingerprint density at radius 1 is 1.44 bits per heavy atom. The van der Waals surface area contributed by atoms with Crippen LogP contribution in [0.1, 0.15) is 5.56 Å². The lowest BCUT2D eigenvalue weighted by Crippen LogP contribution is -1.95. The van der Waals surface area contributed by atoms with Gasteiger partial charge in [-0.15, -0.1) is 0 Å². The predicted octanol–water partition coefficient (Wildman–Crippen LogP) is 2.84. The molecule has 1 aromatic heterocycles. The van der Waals surface area contributed by atoms with Gasteiger partial charge in [-0.1, -0.05) is 15.9 Å². The molecule has 0 N–H and O–H groups in total. The molecule has 0 saturated heterocycles. The second-order valence-corrected chi connectivity index (χ2v) is 4.17. The first-order chi connectivity index (χ1) is 7.69. The van der Waals surface area contributed by atoms with Crippen LogP contribution in [0.5, 0.6) is 0 Å². The van der Waals surface area contributed by atoms with Crippen molar-refractivity contribution in [1.82, 2.24) is 9.78 Å². The van der Waals surface area contributed by atoms with Gasteiger partial charge in [0, 0.05) is 16.2 Å². The van der Waals surface area contributed by atoms with Gasteiger partial charge in [0.05, 0.1) is 24.4 Å². The van der Waals surface area contributed by atoms with Gasteiger partial charge in [0.25, 0.3) is 0 Å². The van der Waals surface area contributed by atoms with Crippen molar-refractivity contribution in [2.45, 2.75) is 6.42 Å². The molecule has 0 bridgehead atoms. The summed E-state index contributed by atoms with van der Waals surface area (Å²) < 4.78 is 15.3. The summed E-state index contributed by atoms with van der Waals surface area (Å²) in [6.45, 7) is 0. The van der Waals surface area contributed by atoms with Gasteiger partial charge in [-0.25, -0.2) is 9.07 Å². The summed E-state index contributed by atoms with van der Waals surface area (Å²) in [5.74, 6) is -0.332. The minimum Gasteiger partial charge on any atom is -0.241 e. The first kappa shape index (κ1) is 10.8. The highest BCUT2D eigenvalue weighted by molar-refractivity contribution is 9.10. The molecular formula is C11H7BrFN3. The fourth-order valence-electron chi connectivity index (χ4n) is 1.36. The zero-order valence-electron chi connectivity index (χ0n) is 8.19. The van der Waals surface area contributed by atoms with Crippen LogP contribution in [0, 0.1) is 17.1 Å². The summed E-state index contributed by atoms with van der Waals surface area (Å²) in [4.78, 5) is 0. The van der Waals surface area contributed by atoms with E-state index in [2.05, 4.69) is 21.0 Å². The molecule has 0 spiro atoms. The summed E-state index contributed by atoms with van der Waals surface area (Å²) in [7, 11) is 0. The highest BCUT2D eigenvalue weighted by atomic mass is 79.9. The lowest BCUT2D eigenvalue weighted by Gasteiger charge is -2.01. The van der Waals surface area contributed by atoms with Gasteiger partial charge in [-0.05, 0) is 18.2 Å². The second kappa shape index (κ2) is 4.45. The third-order valence-electron chi connectivity index (χ3n) is 2.03. The van der Waals surface area contributed by atoms with Crippen molar-refractivity contribution in [3.05, 3.63) is 46.4 Å². The molecule has 0 aliphatic carbocycles. The molecule has 0 unspecified atom stereocenters. The molecule has 1 heterocycles. The molecule has 80 valence electrons.